The lowest BCUT2D eigenvalue weighted by Crippen LogP contribution is -1.89. The van der Waals surface area contributed by atoms with Crippen LogP contribution in [0.1, 0.15) is 16.8 Å². The summed E-state index contributed by atoms with van der Waals surface area (Å²) in [4.78, 5) is 20.0. The van der Waals surface area contributed by atoms with Crippen LogP contribution < -0.4 is 0 Å². The van der Waals surface area contributed by atoms with Gasteiger partial charge in [0.1, 0.15) is 11.5 Å². The molecule has 8 bridgehead atoms. The summed E-state index contributed by atoms with van der Waals surface area (Å²) in [7, 11) is 0. The van der Waals surface area contributed by atoms with E-state index in [4.69, 9.17) is 19.9 Å². The Morgan fingerprint density at radius 1 is 0.444 bits per heavy atom. The Kier molecular flexibility index (Phi) is 6.00. The number of aryl methyl sites for hydroxylation is 3. The molecule has 8 rings (SSSR count). The van der Waals surface area contributed by atoms with Crippen molar-refractivity contribution in [2.24, 2.45) is 0 Å². The SMILES string of the molecule is Cc1cc2cnc3cc4ccccc4cc3nc(C)c3cc(C)cc(c3O)c3ccc4ccc5ccc(nc5c4n3)c(c1)c2O. The maximum atomic E-state index is 11.7. The number of aromatic nitrogens is 4. The molecule has 0 atom stereocenters. The van der Waals surface area contributed by atoms with Crippen LogP contribution in [0, 0.1) is 20.8 Å². The van der Waals surface area contributed by atoms with Crippen LogP contribution in [-0.4, -0.2) is 30.1 Å². The first-order valence-corrected chi connectivity index (χ1v) is 14.8. The van der Waals surface area contributed by atoms with Crippen LogP contribution in [0.4, 0.5) is 0 Å². The molecule has 8 aromatic rings. The highest BCUT2D eigenvalue weighted by molar-refractivity contribution is 6.07. The molecular formula is C39H28N4O2. The fourth-order valence-electron chi connectivity index (χ4n) is 6.21. The van der Waals surface area contributed by atoms with Crippen molar-refractivity contribution in [1.82, 2.24) is 19.9 Å². The molecule has 3 heterocycles. The first-order valence-electron chi connectivity index (χ1n) is 14.8. The van der Waals surface area contributed by atoms with Gasteiger partial charge in [-0.2, -0.15) is 0 Å². The highest BCUT2D eigenvalue weighted by Gasteiger charge is 2.11. The van der Waals surface area contributed by atoms with Gasteiger partial charge in [-0.05, 0) is 91.2 Å². The Bertz CT molecular complexity index is 2670. The molecule has 5 aromatic carbocycles. The lowest BCUT2D eigenvalue weighted by Gasteiger charge is -2.08. The van der Waals surface area contributed by atoms with Gasteiger partial charge in [-0.1, -0.05) is 48.5 Å². The van der Waals surface area contributed by atoms with Crippen molar-refractivity contribution in [2.75, 3.05) is 0 Å². The molecular weight excluding hydrogens is 556 g/mol. The van der Waals surface area contributed by atoms with E-state index in [2.05, 4.69) is 0 Å². The summed E-state index contributed by atoms with van der Waals surface area (Å²) in [6, 6.07) is 31.7. The van der Waals surface area contributed by atoms with Gasteiger partial charge in [0.05, 0.1) is 33.1 Å². The van der Waals surface area contributed by atoms with Gasteiger partial charge >= 0.3 is 0 Å². The van der Waals surface area contributed by atoms with E-state index < -0.39 is 0 Å². The third-order valence-corrected chi connectivity index (χ3v) is 8.47. The Balaban J connectivity index is 1.64. The Labute approximate surface area is 258 Å². The van der Waals surface area contributed by atoms with Crippen LogP contribution in [0.5, 0.6) is 11.5 Å². The molecule has 45 heavy (non-hydrogen) atoms. The zero-order chi connectivity index (χ0) is 30.8. The van der Waals surface area contributed by atoms with Crippen LogP contribution in [0.3, 0.4) is 0 Å². The third-order valence-electron chi connectivity index (χ3n) is 8.47. The smallest absolute Gasteiger partial charge is 0.134 e. The molecule has 0 unspecified atom stereocenters. The van der Waals surface area contributed by atoms with E-state index >= 15 is 0 Å². The maximum Gasteiger partial charge on any atom is 0.134 e. The van der Waals surface area contributed by atoms with E-state index in [-0.39, 0.29) is 11.5 Å². The summed E-state index contributed by atoms with van der Waals surface area (Å²) in [5.74, 6) is 0.216. The van der Waals surface area contributed by atoms with Crippen molar-refractivity contribution in [3.63, 3.8) is 0 Å². The van der Waals surface area contributed by atoms with Crippen molar-refractivity contribution in [1.29, 1.82) is 0 Å². The number of rotatable bonds is 0. The van der Waals surface area contributed by atoms with Gasteiger partial charge in [0.2, 0.25) is 0 Å². The number of fused-ring (bicyclic) bond motifs is 10. The Morgan fingerprint density at radius 2 is 0.978 bits per heavy atom. The number of pyridine rings is 2. The standard InChI is InChI=1S/C39H28N4O2/c1-21-14-28-20-40-34-18-26-6-4-5-7-27(26)19-35(34)41-23(3)29-15-22(2)17-31(39(29)45)33-13-11-25-9-8-24-10-12-32(30(16-21)38(28)44)42-36(24)37(25)43-33/h4-20,44-45H,1-3H3. The maximum absolute atomic E-state index is 11.7. The van der Waals surface area contributed by atoms with Gasteiger partial charge in [-0.3, -0.25) is 9.97 Å². The molecule has 0 radical (unpaired) electrons. The van der Waals surface area contributed by atoms with Gasteiger partial charge < -0.3 is 10.2 Å². The Morgan fingerprint density at radius 3 is 1.62 bits per heavy atom. The zero-order valence-electron chi connectivity index (χ0n) is 25.0. The minimum absolute atomic E-state index is 0.101. The van der Waals surface area contributed by atoms with Crippen molar-refractivity contribution >= 4 is 76.2 Å². The average molecular weight is 585 g/mol. The first kappa shape index (κ1) is 26.7. The molecule has 0 spiro atoms. The van der Waals surface area contributed by atoms with Crippen LogP contribution >= 0.6 is 0 Å². The summed E-state index contributed by atoms with van der Waals surface area (Å²) in [5, 5.41) is 29.6. The number of benzene rings is 5. The van der Waals surface area contributed by atoms with Gasteiger partial charge in [0.15, 0.2) is 0 Å². The molecule has 0 fully saturated rings. The van der Waals surface area contributed by atoms with E-state index in [1.165, 1.54) is 0 Å². The highest BCUT2D eigenvalue weighted by atomic mass is 16.3. The molecule has 3 aromatic heterocycles. The summed E-state index contributed by atoms with van der Waals surface area (Å²) in [6.45, 7) is 5.89. The minimum atomic E-state index is 0.101. The Hall–Kier alpha value is -5.88. The fraction of sp³-hybridized carbons (Fsp3) is 0.0769. The van der Waals surface area contributed by atoms with Gasteiger partial charge in [-0.15, -0.1) is 0 Å². The summed E-state index contributed by atoms with van der Waals surface area (Å²) in [5.41, 5.74) is 6.58. The monoisotopic (exact) mass is 584 g/mol. The second-order valence-corrected chi connectivity index (χ2v) is 11.7. The summed E-state index contributed by atoms with van der Waals surface area (Å²) >= 11 is 0. The van der Waals surface area contributed by atoms with Crippen LogP contribution in [0.25, 0.3) is 76.2 Å². The van der Waals surface area contributed by atoms with E-state index in [1.807, 2.05) is 118 Å². The van der Waals surface area contributed by atoms with Gasteiger partial charge in [-0.25, -0.2) is 9.97 Å². The predicted octanol–water partition coefficient (Wildman–Crippen LogP) is 9.36. The minimum Gasteiger partial charge on any atom is -0.507 e. The highest BCUT2D eigenvalue weighted by Crippen LogP contribution is 2.34. The molecule has 0 amide bonds. The lowest BCUT2D eigenvalue weighted by atomic mass is 10.0. The number of phenols is 2. The number of hydrogen-bond donors (Lipinski definition) is 2. The number of hydrogen-bond acceptors (Lipinski definition) is 6. The molecule has 0 aliphatic carbocycles. The van der Waals surface area contributed by atoms with Crippen molar-refractivity contribution in [2.45, 2.75) is 20.8 Å². The molecule has 0 aliphatic heterocycles. The number of nitrogens with zero attached hydrogens (tertiary/aromatic N) is 4. The van der Waals surface area contributed by atoms with Gasteiger partial charge in [0.25, 0.3) is 0 Å². The number of aromatic hydroxyl groups is 2. The summed E-state index contributed by atoms with van der Waals surface area (Å²) in [6.07, 6.45) is 1.68. The van der Waals surface area contributed by atoms with E-state index in [1.54, 1.807) is 6.20 Å². The molecule has 2 N–H and O–H groups in total. The molecule has 0 saturated carbocycles. The molecule has 0 aliphatic rings. The van der Waals surface area contributed by atoms with Crippen LogP contribution in [-0.2, 0) is 0 Å². The first-order chi connectivity index (χ1) is 21.8. The van der Waals surface area contributed by atoms with E-state index in [9.17, 15) is 10.2 Å². The van der Waals surface area contributed by atoms with Crippen LogP contribution in [0.2, 0.25) is 0 Å². The largest absolute Gasteiger partial charge is 0.507 e. The molecule has 216 valence electrons. The molecule has 6 heteroatoms. The van der Waals surface area contributed by atoms with Crippen LogP contribution in [0.15, 0.2) is 103 Å². The van der Waals surface area contributed by atoms with Crippen molar-refractivity contribution in [3.8, 4) is 11.5 Å². The van der Waals surface area contributed by atoms with E-state index in [0.717, 1.165) is 43.7 Å². The molecule has 0 saturated heterocycles. The second-order valence-electron chi connectivity index (χ2n) is 11.7. The quantitative estimate of drug-likeness (QED) is 0.173. The lowest BCUT2D eigenvalue weighted by molar-refractivity contribution is 0.486. The molecule has 6 nitrogen and oxygen atoms in total. The topological polar surface area (TPSA) is 92.0 Å². The fourth-order valence-corrected chi connectivity index (χ4v) is 6.21. The van der Waals surface area contributed by atoms with Crippen molar-refractivity contribution < 1.29 is 10.2 Å². The number of phenolic OH excluding ortho intramolecular Hbond substituents is 2. The predicted molar refractivity (Wildman–Crippen MR) is 184 cm³/mol. The third kappa shape index (κ3) is 4.50. The van der Waals surface area contributed by atoms with Gasteiger partial charge in [0, 0.05) is 44.2 Å². The average Bonchev–Trinajstić information content (AvgIpc) is 3.04. The second kappa shape index (κ2) is 10.1. The van der Waals surface area contributed by atoms with E-state index in [0.29, 0.717) is 49.3 Å². The van der Waals surface area contributed by atoms with Crippen molar-refractivity contribution in [3.05, 3.63) is 120 Å². The summed E-state index contributed by atoms with van der Waals surface area (Å²) < 4.78 is 0. The zero-order valence-corrected chi connectivity index (χ0v) is 25.0. The normalized spacial score (nSPS) is 11.6.